The Kier molecular flexibility index (Phi) is 6.37. The van der Waals surface area contributed by atoms with Crippen LogP contribution in [0, 0.1) is 20.8 Å². The van der Waals surface area contributed by atoms with Gasteiger partial charge in [0.25, 0.3) is 5.56 Å². The minimum Gasteiger partial charge on any atom is -0.345 e. The number of hydrogen-bond donors (Lipinski definition) is 2. The molecule has 0 fully saturated rings. The van der Waals surface area contributed by atoms with Crippen LogP contribution in [0.15, 0.2) is 59.0 Å². The summed E-state index contributed by atoms with van der Waals surface area (Å²) in [6.45, 7) is 5.44. The van der Waals surface area contributed by atoms with Gasteiger partial charge in [-0.25, -0.2) is 4.98 Å². The van der Waals surface area contributed by atoms with Gasteiger partial charge in [0.05, 0.1) is 18.3 Å². The Bertz CT molecular complexity index is 1380. The molecule has 4 rings (SSSR count). The first-order chi connectivity index (χ1) is 15.8. The molecular weight excluding hydrogens is 436 g/mol. The second kappa shape index (κ2) is 9.38. The average molecular weight is 461 g/mol. The summed E-state index contributed by atoms with van der Waals surface area (Å²) in [6.07, 6.45) is 1.37. The molecule has 0 spiro atoms. The minimum atomic E-state index is -0.442. The zero-order chi connectivity index (χ0) is 23.5. The molecule has 7 nitrogen and oxygen atoms in total. The highest BCUT2D eigenvalue weighted by Crippen LogP contribution is 2.30. The van der Waals surface area contributed by atoms with E-state index in [4.69, 9.17) is 0 Å². The molecular formula is C25H24N4O3S. The molecule has 2 heterocycles. The third kappa shape index (κ3) is 4.85. The second-order valence-electron chi connectivity index (χ2n) is 7.97. The van der Waals surface area contributed by atoms with Crippen molar-refractivity contribution in [1.29, 1.82) is 0 Å². The predicted octanol–water partition coefficient (Wildman–Crippen LogP) is 3.81. The molecule has 33 heavy (non-hydrogen) atoms. The van der Waals surface area contributed by atoms with E-state index in [0.29, 0.717) is 10.2 Å². The van der Waals surface area contributed by atoms with E-state index in [1.807, 2.05) is 68.6 Å². The van der Waals surface area contributed by atoms with Gasteiger partial charge in [0.2, 0.25) is 11.8 Å². The lowest BCUT2D eigenvalue weighted by Crippen LogP contribution is -2.37. The number of rotatable bonds is 6. The van der Waals surface area contributed by atoms with E-state index in [0.717, 1.165) is 33.5 Å². The van der Waals surface area contributed by atoms with E-state index >= 15 is 0 Å². The fraction of sp³-hybridized carbons (Fsp3) is 0.200. The number of thiophene rings is 1. The van der Waals surface area contributed by atoms with Crippen LogP contribution in [0.2, 0.25) is 0 Å². The molecule has 0 atom stereocenters. The van der Waals surface area contributed by atoms with Crippen LogP contribution >= 0.6 is 11.3 Å². The normalized spacial score (nSPS) is 10.9. The predicted molar refractivity (Wildman–Crippen MR) is 132 cm³/mol. The summed E-state index contributed by atoms with van der Waals surface area (Å²) in [5, 5.41) is 7.82. The third-order valence-electron chi connectivity index (χ3n) is 5.35. The Balaban J connectivity index is 1.45. The molecule has 2 aromatic carbocycles. The number of fused-ring (bicyclic) bond motifs is 1. The Morgan fingerprint density at radius 3 is 2.42 bits per heavy atom. The van der Waals surface area contributed by atoms with Gasteiger partial charge in [-0.1, -0.05) is 48.0 Å². The standard InChI is InChI=1S/C25H24N4O3S/c1-15-9-16(2)23(17(3)10-15)28-20(30)11-26-21(31)12-29-14-27-24-22(25(29)32)19(13-33-24)18-7-5-4-6-8-18/h4-10,13-14H,11-12H2,1-3H3,(H,26,31)(H,28,30). The van der Waals surface area contributed by atoms with Gasteiger partial charge < -0.3 is 10.6 Å². The maximum Gasteiger partial charge on any atom is 0.263 e. The number of aryl methyl sites for hydroxylation is 3. The van der Waals surface area contributed by atoms with Crippen LogP contribution in [0.5, 0.6) is 0 Å². The fourth-order valence-corrected chi connectivity index (χ4v) is 4.77. The van der Waals surface area contributed by atoms with Crippen molar-refractivity contribution in [1.82, 2.24) is 14.9 Å². The minimum absolute atomic E-state index is 0.191. The molecule has 0 aliphatic heterocycles. The summed E-state index contributed by atoms with van der Waals surface area (Å²) in [7, 11) is 0. The first kappa shape index (κ1) is 22.4. The number of carbonyl (C=O) groups excluding carboxylic acids is 2. The number of nitrogens with zero attached hydrogens (tertiary/aromatic N) is 2. The third-order valence-corrected chi connectivity index (χ3v) is 6.23. The van der Waals surface area contributed by atoms with Crippen molar-refractivity contribution in [2.24, 2.45) is 0 Å². The molecule has 4 aromatic rings. The van der Waals surface area contributed by atoms with Gasteiger partial charge in [-0.15, -0.1) is 11.3 Å². The maximum atomic E-state index is 13.1. The zero-order valence-corrected chi connectivity index (χ0v) is 19.5. The molecule has 0 aliphatic rings. The van der Waals surface area contributed by atoms with Gasteiger partial charge >= 0.3 is 0 Å². The molecule has 0 bridgehead atoms. The number of aromatic nitrogens is 2. The van der Waals surface area contributed by atoms with E-state index < -0.39 is 5.91 Å². The van der Waals surface area contributed by atoms with Crippen molar-refractivity contribution >= 4 is 39.1 Å². The topological polar surface area (TPSA) is 93.1 Å². The molecule has 0 unspecified atom stereocenters. The first-order valence-corrected chi connectivity index (χ1v) is 11.4. The molecule has 168 valence electrons. The summed E-state index contributed by atoms with van der Waals surface area (Å²) in [5.74, 6) is -0.772. The van der Waals surface area contributed by atoms with E-state index in [9.17, 15) is 14.4 Å². The van der Waals surface area contributed by atoms with Crippen molar-refractivity contribution in [3.63, 3.8) is 0 Å². The van der Waals surface area contributed by atoms with Gasteiger partial charge in [0.15, 0.2) is 0 Å². The highest BCUT2D eigenvalue weighted by Gasteiger charge is 2.15. The van der Waals surface area contributed by atoms with Crippen molar-refractivity contribution < 1.29 is 9.59 Å². The van der Waals surface area contributed by atoms with Crippen LogP contribution in [0.1, 0.15) is 16.7 Å². The van der Waals surface area contributed by atoms with E-state index in [1.165, 1.54) is 22.2 Å². The summed E-state index contributed by atoms with van der Waals surface area (Å²) < 4.78 is 1.27. The van der Waals surface area contributed by atoms with Gasteiger partial charge in [-0.2, -0.15) is 0 Å². The highest BCUT2D eigenvalue weighted by atomic mass is 32.1. The zero-order valence-electron chi connectivity index (χ0n) is 18.6. The summed E-state index contributed by atoms with van der Waals surface area (Å²) in [6, 6.07) is 13.6. The Morgan fingerprint density at radius 1 is 1.03 bits per heavy atom. The maximum absolute atomic E-state index is 13.1. The lowest BCUT2D eigenvalue weighted by atomic mass is 10.1. The second-order valence-corrected chi connectivity index (χ2v) is 8.83. The van der Waals surface area contributed by atoms with Crippen LogP contribution in [0.25, 0.3) is 21.3 Å². The van der Waals surface area contributed by atoms with E-state index in [2.05, 4.69) is 15.6 Å². The van der Waals surface area contributed by atoms with E-state index in [1.54, 1.807) is 0 Å². The number of hydrogen-bond acceptors (Lipinski definition) is 5. The number of anilines is 1. The fourth-order valence-electron chi connectivity index (χ4n) is 3.86. The van der Waals surface area contributed by atoms with Gasteiger partial charge in [0, 0.05) is 16.6 Å². The average Bonchev–Trinajstić information content (AvgIpc) is 3.22. The van der Waals surface area contributed by atoms with Gasteiger partial charge in [-0.05, 0) is 37.5 Å². The van der Waals surface area contributed by atoms with Gasteiger partial charge in [0.1, 0.15) is 11.4 Å². The van der Waals surface area contributed by atoms with Crippen LogP contribution in [0.4, 0.5) is 5.69 Å². The Labute approximate surface area is 195 Å². The summed E-state index contributed by atoms with van der Waals surface area (Å²) >= 11 is 1.39. The van der Waals surface area contributed by atoms with Crippen LogP contribution < -0.4 is 16.2 Å². The monoisotopic (exact) mass is 460 g/mol. The molecule has 0 saturated carbocycles. The SMILES string of the molecule is Cc1cc(C)c(NC(=O)CNC(=O)Cn2cnc3scc(-c4ccccc4)c3c2=O)c(C)c1. The van der Waals surface area contributed by atoms with Crippen LogP contribution in [-0.2, 0) is 16.1 Å². The van der Waals surface area contributed by atoms with Crippen LogP contribution in [-0.4, -0.2) is 27.9 Å². The van der Waals surface area contributed by atoms with Crippen molar-refractivity contribution in [2.45, 2.75) is 27.3 Å². The lowest BCUT2D eigenvalue weighted by Gasteiger charge is -2.13. The number of benzene rings is 2. The molecule has 0 aliphatic carbocycles. The smallest absolute Gasteiger partial charge is 0.263 e. The number of carbonyl (C=O) groups is 2. The Morgan fingerprint density at radius 2 is 1.73 bits per heavy atom. The Hall–Kier alpha value is -3.78. The first-order valence-electron chi connectivity index (χ1n) is 10.5. The molecule has 2 aromatic heterocycles. The van der Waals surface area contributed by atoms with Crippen LogP contribution in [0.3, 0.4) is 0 Å². The quantitative estimate of drug-likeness (QED) is 0.458. The van der Waals surface area contributed by atoms with E-state index in [-0.39, 0.29) is 24.6 Å². The molecule has 2 amide bonds. The molecule has 0 radical (unpaired) electrons. The number of amides is 2. The van der Waals surface area contributed by atoms with Crippen molar-refractivity contribution in [3.8, 4) is 11.1 Å². The van der Waals surface area contributed by atoms with Gasteiger partial charge in [-0.3, -0.25) is 19.0 Å². The van der Waals surface area contributed by atoms with Crippen molar-refractivity contribution in [2.75, 3.05) is 11.9 Å². The molecule has 0 saturated heterocycles. The summed E-state index contributed by atoms with van der Waals surface area (Å²) in [5.41, 5.74) is 5.22. The van der Waals surface area contributed by atoms with Crippen molar-refractivity contribution in [3.05, 3.63) is 81.2 Å². The lowest BCUT2D eigenvalue weighted by molar-refractivity contribution is -0.124. The molecule has 2 N–H and O–H groups in total. The largest absolute Gasteiger partial charge is 0.345 e. The molecule has 8 heteroatoms. The number of nitrogens with one attached hydrogen (secondary N) is 2. The summed E-state index contributed by atoms with van der Waals surface area (Å²) in [4.78, 5) is 42.9. The highest BCUT2D eigenvalue weighted by molar-refractivity contribution is 7.17.